The third kappa shape index (κ3) is 5.42. The van der Waals surface area contributed by atoms with Crippen LogP contribution in [0.4, 0.5) is 4.39 Å². The number of halogens is 1. The number of hydrogen-bond donors (Lipinski definition) is 2. The van der Waals surface area contributed by atoms with Gasteiger partial charge in [-0.15, -0.1) is 0 Å². The number of hydrogen-bond acceptors (Lipinski definition) is 4. The lowest BCUT2D eigenvalue weighted by Gasteiger charge is -2.19. The summed E-state index contributed by atoms with van der Waals surface area (Å²) in [5.41, 5.74) is 1.75. The van der Waals surface area contributed by atoms with Gasteiger partial charge in [-0.05, 0) is 47.9 Å². The SMILES string of the molecule is CS(=O)(=O)c1ccc([C@H](CCNC(=O)c2ccc(=O)[nH]c2)c2ccc(F)cc2)cc1. The second-order valence-corrected chi connectivity index (χ2v) is 8.95. The lowest BCUT2D eigenvalue weighted by molar-refractivity contribution is 0.0952. The maximum absolute atomic E-state index is 13.4. The molecular weight excluding hydrogens is 407 g/mol. The number of carbonyl (C=O) groups is 1. The predicted molar refractivity (Wildman–Crippen MR) is 112 cm³/mol. The van der Waals surface area contributed by atoms with Crippen LogP contribution in [-0.4, -0.2) is 32.1 Å². The van der Waals surface area contributed by atoms with E-state index in [-0.39, 0.29) is 28.1 Å². The van der Waals surface area contributed by atoms with Crippen molar-refractivity contribution in [3.05, 3.63) is 99.7 Å². The maximum Gasteiger partial charge on any atom is 0.252 e. The number of pyridine rings is 1. The van der Waals surface area contributed by atoms with Gasteiger partial charge in [0.05, 0.1) is 10.5 Å². The molecule has 0 unspecified atom stereocenters. The standard InChI is InChI=1S/C22H21FN2O4S/c1-30(28,29)19-9-4-16(5-10-19)20(15-2-7-18(23)8-3-15)12-13-24-22(27)17-6-11-21(26)25-14-17/h2-11,14,20H,12-13H2,1H3,(H,24,27)(H,25,26)/t20-/m1/s1. The topological polar surface area (TPSA) is 96.1 Å². The van der Waals surface area contributed by atoms with Crippen LogP contribution < -0.4 is 10.9 Å². The molecule has 1 atom stereocenters. The van der Waals surface area contributed by atoms with Crippen molar-refractivity contribution >= 4 is 15.7 Å². The van der Waals surface area contributed by atoms with Gasteiger partial charge >= 0.3 is 0 Å². The first-order valence-corrected chi connectivity index (χ1v) is 11.2. The molecule has 0 saturated carbocycles. The molecule has 8 heteroatoms. The number of amides is 1. The van der Waals surface area contributed by atoms with Gasteiger partial charge in [-0.1, -0.05) is 24.3 Å². The van der Waals surface area contributed by atoms with Gasteiger partial charge in [-0.25, -0.2) is 12.8 Å². The molecule has 3 rings (SSSR count). The van der Waals surface area contributed by atoms with Crippen molar-refractivity contribution in [1.82, 2.24) is 10.3 Å². The zero-order valence-electron chi connectivity index (χ0n) is 16.3. The highest BCUT2D eigenvalue weighted by Gasteiger charge is 2.17. The molecule has 0 fully saturated rings. The van der Waals surface area contributed by atoms with E-state index in [0.29, 0.717) is 18.5 Å². The lowest BCUT2D eigenvalue weighted by atomic mass is 9.88. The Bertz CT molecular complexity index is 1170. The second kappa shape index (κ2) is 9.04. The van der Waals surface area contributed by atoms with Crippen LogP contribution in [0, 0.1) is 5.82 Å². The first-order chi connectivity index (χ1) is 14.2. The summed E-state index contributed by atoms with van der Waals surface area (Å²) in [4.78, 5) is 26.1. The van der Waals surface area contributed by atoms with Crippen LogP contribution in [0.5, 0.6) is 0 Å². The van der Waals surface area contributed by atoms with Gasteiger partial charge in [0.15, 0.2) is 9.84 Å². The summed E-state index contributed by atoms with van der Waals surface area (Å²) in [5, 5.41) is 2.80. The van der Waals surface area contributed by atoms with Crippen molar-refractivity contribution in [3.63, 3.8) is 0 Å². The average Bonchev–Trinajstić information content (AvgIpc) is 2.72. The molecular formula is C22H21FN2O4S. The van der Waals surface area contributed by atoms with Crippen molar-refractivity contribution in [3.8, 4) is 0 Å². The molecule has 1 aromatic heterocycles. The number of rotatable bonds is 7. The van der Waals surface area contributed by atoms with Gasteiger partial charge in [-0.3, -0.25) is 9.59 Å². The average molecular weight is 428 g/mol. The van der Waals surface area contributed by atoms with Crippen LogP contribution in [0.3, 0.4) is 0 Å². The minimum absolute atomic E-state index is 0.171. The highest BCUT2D eigenvalue weighted by Crippen LogP contribution is 2.29. The predicted octanol–water partition coefficient (Wildman–Crippen LogP) is 2.87. The Morgan fingerprint density at radius 1 is 1.00 bits per heavy atom. The number of aromatic amines is 1. The third-order valence-electron chi connectivity index (χ3n) is 4.75. The molecule has 0 radical (unpaired) electrons. The van der Waals surface area contributed by atoms with E-state index in [1.165, 1.54) is 30.5 Å². The molecule has 2 N–H and O–H groups in total. The monoisotopic (exact) mass is 428 g/mol. The molecule has 3 aromatic rings. The van der Waals surface area contributed by atoms with Crippen molar-refractivity contribution in [2.75, 3.05) is 12.8 Å². The number of carbonyl (C=O) groups excluding carboxylic acids is 1. The van der Waals surface area contributed by atoms with Gasteiger partial charge in [0, 0.05) is 31.0 Å². The van der Waals surface area contributed by atoms with E-state index in [9.17, 15) is 22.4 Å². The van der Waals surface area contributed by atoms with Gasteiger partial charge in [0.25, 0.3) is 5.91 Å². The van der Waals surface area contributed by atoms with E-state index in [0.717, 1.165) is 17.4 Å². The Morgan fingerprint density at radius 2 is 1.60 bits per heavy atom. The maximum atomic E-state index is 13.4. The summed E-state index contributed by atoms with van der Waals surface area (Å²) in [5.74, 6) is -0.845. The highest BCUT2D eigenvalue weighted by atomic mass is 32.2. The Labute approximate surface area is 173 Å². The number of sulfone groups is 1. The second-order valence-electron chi connectivity index (χ2n) is 6.93. The lowest BCUT2D eigenvalue weighted by Crippen LogP contribution is -2.26. The Balaban J connectivity index is 1.78. The normalized spacial score (nSPS) is 12.3. The van der Waals surface area contributed by atoms with Gasteiger partial charge < -0.3 is 10.3 Å². The molecule has 1 heterocycles. The van der Waals surface area contributed by atoms with Gasteiger partial charge in [0.1, 0.15) is 5.82 Å². The van der Waals surface area contributed by atoms with E-state index in [4.69, 9.17) is 0 Å². The molecule has 2 aromatic carbocycles. The molecule has 6 nitrogen and oxygen atoms in total. The third-order valence-corrected chi connectivity index (χ3v) is 5.88. The summed E-state index contributed by atoms with van der Waals surface area (Å²) in [6, 6.07) is 15.3. The smallest absolute Gasteiger partial charge is 0.252 e. The van der Waals surface area contributed by atoms with Crippen LogP contribution in [0.25, 0.3) is 0 Å². The van der Waals surface area contributed by atoms with Crippen molar-refractivity contribution in [2.45, 2.75) is 17.2 Å². The molecule has 0 aliphatic rings. The number of H-pyrrole nitrogens is 1. The Kier molecular flexibility index (Phi) is 6.47. The summed E-state index contributed by atoms with van der Waals surface area (Å²) in [6.07, 6.45) is 3.00. The van der Waals surface area contributed by atoms with Crippen LogP contribution in [0.1, 0.15) is 33.8 Å². The minimum atomic E-state index is -3.31. The number of nitrogens with one attached hydrogen (secondary N) is 2. The highest BCUT2D eigenvalue weighted by molar-refractivity contribution is 7.90. The molecule has 0 saturated heterocycles. The summed E-state index contributed by atoms with van der Waals surface area (Å²) in [6.45, 7) is 0.327. The summed E-state index contributed by atoms with van der Waals surface area (Å²) < 4.78 is 36.8. The summed E-state index contributed by atoms with van der Waals surface area (Å²) >= 11 is 0. The van der Waals surface area contributed by atoms with Crippen LogP contribution in [0.2, 0.25) is 0 Å². The van der Waals surface area contributed by atoms with E-state index in [1.54, 1.807) is 36.4 Å². The van der Waals surface area contributed by atoms with Gasteiger partial charge in [0.2, 0.25) is 5.56 Å². The molecule has 0 spiro atoms. The zero-order valence-corrected chi connectivity index (χ0v) is 17.1. The fourth-order valence-corrected chi connectivity index (χ4v) is 3.78. The first-order valence-electron chi connectivity index (χ1n) is 9.26. The Hall–Kier alpha value is -3.26. The van der Waals surface area contributed by atoms with Crippen molar-refractivity contribution in [2.24, 2.45) is 0 Å². The quantitative estimate of drug-likeness (QED) is 0.605. The molecule has 156 valence electrons. The summed E-state index contributed by atoms with van der Waals surface area (Å²) in [7, 11) is -3.31. The van der Waals surface area contributed by atoms with Crippen LogP contribution >= 0.6 is 0 Å². The molecule has 0 bridgehead atoms. The van der Waals surface area contributed by atoms with Crippen molar-refractivity contribution < 1.29 is 17.6 Å². The molecule has 30 heavy (non-hydrogen) atoms. The fourth-order valence-electron chi connectivity index (χ4n) is 3.15. The van der Waals surface area contributed by atoms with Crippen LogP contribution in [-0.2, 0) is 9.84 Å². The van der Waals surface area contributed by atoms with E-state index < -0.39 is 9.84 Å². The minimum Gasteiger partial charge on any atom is -0.352 e. The number of benzene rings is 2. The molecule has 0 aliphatic carbocycles. The molecule has 0 aliphatic heterocycles. The fraction of sp³-hybridized carbons (Fsp3) is 0.182. The van der Waals surface area contributed by atoms with Crippen LogP contribution in [0.15, 0.2) is 76.6 Å². The Morgan fingerprint density at radius 3 is 2.13 bits per heavy atom. The number of aromatic nitrogens is 1. The first kappa shape index (κ1) is 21.4. The van der Waals surface area contributed by atoms with Gasteiger partial charge in [-0.2, -0.15) is 0 Å². The largest absolute Gasteiger partial charge is 0.352 e. The molecule has 1 amide bonds. The van der Waals surface area contributed by atoms with E-state index >= 15 is 0 Å². The van der Waals surface area contributed by atoms with E-state index in [2.05, 4.69) is 10.3 Å². The van der Waals surface area contributed by atoms with Crippen molar-refractivity contribution in [1.29, 1.82) is 0 Å². The zero-order chi connectivity index (χ0) is 21.7. The van der Waals surface area contributed by atoms with E-state index in [1.807, 2.05) is 0 Å².